The number of amides is 1. The number of halogens is 3. The fraction of sp³-hybridized carbons (Fsp3) is 0.100. The highest BCUT2D eigenvalue weighted by Gasteiger charge is 2.32. The molecule has 0 bridgehead atoms. The Morgan fingerprint density at radius 2 is 2.00 bits per heavy atom. The second kappa shape index (κ2) is 3.26. The van der Waals surface area contributed by atoms with E-state index in [9.17, 15) is 18.0 Å². The highest BCUT2D eigenvalue weighted by atomic mass is 19.4. The zero-order chi connectivity index (χ0) is 11.9. The number of rotatable bonds is 1. The van der Waals surface area contributed by atoms with Gasteiger partial charge >= 0.3 is 6.36 Å². The lowest BCUT2D eigenvalue weighted by molar-refractivity contribution is -0.274. The summed E-state index contributed by atoms with van der Waals surface area (Å²) in [4.78, 5) is 11.2. The average Bonchev–Trinajstić information content (AvgIpc) is 2.42. The molecule has 3 nitrogen and oxygen atoms in total. The molecule has 0 aliphatic carbocycles. The molecule has 0 atom stereocenters. The molecule has 1 N–H and O–H groups in total. The van der Waals surface area contributed by atoms with Gasteiger partial charge in [-0.25, -0.2) is 0 Å². The lowest BCUT2D eigenvalue weighted by Gasteiger charge is -2.09. The first kappa shape index (κ1) is 10.5. The topological polar surface area (TPSA) is 38.3 Å². The number of hydrogen-bond donors (Lipinski definition) is 1. The summed E-state index contributed by atoms with van der Waals surface area (Å²) in [6.45, 7) is 3.47. The van der Waals surface area contributed by atoms with Crippen molar-refractivity contribution in [2.75, 3.05) is 5.32 Å². The summed E-state index contributed by atoms with van der Waals surface area (Å²) in [6, 6.07) is 3.60. The number of nitrogens with one attached hydrogen (secondary N) is 1. The van der Waals surface area contributed by atoms with Crippen LogP contribution in [-0.2, 0) is 4.79 Å². The molecule has 0 unspecified atom stereocenters. The smallest absolute Gasteiger partial charge is 0.406 e. The Bertz CT molecular complexity index is 479. The van der Waals surface area contributed by atoms with E-state index in [4.69, 9.17) is 0 Å². The van der Waals surface area contributed by atoms with Crippen LogP contribution in [0.1, 0.15) is 5.56 Å². The van der Waals surface area contributed by atoms with E-state index in [0.29, 0.717) is 11.3 Å². The molecular formula is C10H6F3NO2. The molecule has 1 aliphatic rings. The molecule has 6 heteroatoms. The molecule has 1 aromatic carbocycles. The molecule has 0 saturated heterocycles. The van der Waals surface area contributed by atoms with Crippen LogP contribution in [0.2, 0.25) is 0 Å². The van der Waals surface area contributed by atoms with Crippen LogP contribution in [0.5, 0.6) is 5.75 Å². The van der Waals surface area contributed by atoms with Gasteiger partial charge in [-0.3, -0.25) is 4.79 Å². The highest BCUT2D eigenvalue weighted by molar-refractivity contribution is 6.31. The van der Waals surface area contributed by atoms with Crippen molar-refractivity contribution in [1.29, 1.82) is 0 Å². The van der Waals surface area contributed by atoms with Crippen LogP contribution in [0, 0.1) is 0 Å². The summed E-state index contributed by atoms with van der Waals surface area (Å²) in [5, 5.41) is 2.46. The van der Waals surface area contributed by atoms with Crippen LogP contribution >= 0.6 is 0 Å². The SMILES string of the molecule is C=C1C(=O)Nc2ccc(OC(F)(F)F)cc21. The van der Waals surface area contributed by atoms with Crippen LogP contribution in [0.25, 0.3) is 5.57 Å². The van der Waals surface area contributed by atoms with Gasteiger partial charge in [0.2, 0.25) is 0 Å². The van der Waals surface area contributed by atoms with Crippen LogP contribution in [0.15, 0.2) is 24.8 Å². The first-order chi connectivity index (χ1) is 7.37. The van der Waals surface area contributed by atoms with Crippen molar-refractivity contribution in [3.05, 3.63) is 30.3 Å². The van der Waals surface area contributed by atoms with Gasteiger partial charge in [0.25, 0.3) is 5.91 Å². The van der Waals surface area contributed by atoms with Gasteiger partial charge in [0.1, 0.15) is 5.75 Å². The molecule has 84 valence electrons. The third kappa shape index (κ3) is 1.86. The minimum Gasteiger partial charge on any atom is -0.406 e. The van der Waals surface area contributed by atoms with E-state index in [1.165, 1.54) is 6.07 Å². The van der Waals surface area contributed by atoms with E-state index in [2.05, 4.69) is 16.6 Å². The minimum absolute atomic E-state index is 0.127. The summed E-state index contributed by atoms with van der Waals surface area (Å²) in [7, 11) is 0. The summed E-state index contributed by atoms with van der Waals surface area (Å²) >= 11 is 0. The molecule has 16 heavy (non-hydrogen) atoms. The van der Waals surface area contributed by atoms with Gasteiger partial charge in [-0.1, -0.05) is 6.58 Å². The fourth-order valence-corrected chi connectivity index (χ4v) is 1.40. The molecule has 0 saturated carbocycles. The second-order valence-electron chi connectivity index (χ2n) is 3.19. The third-order valence-electron chi connectivity index (χ3n) is 2.07. The molecule has 0 spiro atoms. The Labute approximate surface area is 88.5 Å². The molecule has 1 aromatic rings. The van der Waals surface area contributed by atoms with E-state index < -0.39 is 12.3 Å². The predicted molar refractivity (Wildman–Crippen MR) is 50.8 cm³/mol. The summed E-state index contributed by atoms with van der Waals surface area (Å²) in [5.74, 6) is -0.789. The maximum absolute atomic E-state index is 11.9. The summed E-state index contributed by atoms with van der Waals surface area (Å²) in [6.07, 6.45) is -4.74. The van der Waals surface area contributed by atoms with Crippen molar-refractivity contribution in [3.8, 4) is 5.75 Å². The van der Waals surface area contributed by atoms with E-state index in [1.807, 2.05) is 0 Å². The Kier molecular flexibility index (Phi) is 2.15. The first-order valence-electron chi connectivity index (χ1n) is 4.27. The van der Waals surface area contributed by atoms with E-state index in [0.717, 1.165) is 12.1 Å². The van der Waals surface area contributed by atoms with Gasteiger partial charge < -0.3 is 10.1 Å². The zero-order valence-corrected chi connectivity index (χ0v) is 7.89. The predicted octanol–water partition coefficient (Wildman–Crippen LogP) is 2.55. The number of carbonyl (C=O) groups excluding carboxylic acids is 1. The molecule has 0 fully saturated rings. The first-order valence-corrected chi connectivity index (χ1v) is 4.27. The Morgan fingerprint density at radius 1 is 1.31 bits per heavy atom. The number of benzene rings is 1. The summed E-state index contributed by atoms with van der Waals surface area (Å²) < 4.78 is 39.5. The normalized spacial score (nSPS) is 14.7. The standard InChI is InChI=1S/C10H6F3NO2/c1-5-7-4-6(16-10(11,12)13)2-3-8(7)14-9(5)15/h2-4H,1H2,(H,14,15). The van der Waals surface area contributed by atoms with Crippen LogP contribution in [-0.4, -0.2) is 12.3 Å². The quantitative estimate of drug-likeness (QED) is 0.751. The summed E-state index contributed by atoms with van der Waals surface area (Å²) in [5.41, 5.74) is 0.888. The number of alkyl halides is 3. The molecule has 2 rings (SSSR count). The largest absolute Gasteiger partial charge is 0.573 e. The number of hydrogen-bond acceptors (Lipinski definition) is 2. The fourth-order valence-electron chi connectivity index (χ4n) is 1.40. The van der Waals surface area contributed by atoms with Gasteiger partial charge in [0, 0.05) is 16.8 Å². The Hall–Kier alpha value is -1.98. The lowest BCUT2D eigenvalue weighted by atomic mass is 10.1. The number of carbonyl (C=O) groups is 1. The van der Waals surface area contributed by atoms with Crippen molar-refractivity contribution in [2.45, 2.75) is 6.36 Å². The van der Waals surface area contributed by atoms with Crippen molar-refractivity contribution in [1.82, 2.24) is 0 Å². The van der Waals surface area contributed by atoms with Crippen molar-refractivity contribution in [3.63, 3.8) is 0 Å². The minimum atomic E-state index is -4.74. The number of anilines is 1. The third-order valence-corrected chi connectivity index (χ3v) is 2.07. The van der Waals surface area contributed by atoms with Gasteiger partial charge in [-0.2, -0.15) is 0 Å². The maximum Gasteiger partial charge on any atom is 0.573 e. The molecule has 1 amide bonds. The Balaban J connectivity index is 2.34. The number of ether oxygens (including phenoxy) is 1. The molecule has 1 heterocycles. The average molecular weight is 229 g/mol. The van der Waals surface area contributed by atoms with Gasteiger partial charge in [0.15, 0.2) is 0 Å². The van der Waals surface area contributed by atoms with Gasteiger partial charge in [-0.05, 0) is 18.2 Å². The van der Waals surface area contributed by atoms with Crippen LogP contribution in [0.3, 0.4) is 0 Å². The number of fused-ring (bicyclic) bond motifs is 1. The van der Waals surface area contributed by atoms with Crippen LogP contribution in [0.4, 0.5) is 18.9 Å². The van der Waals surface area contributed by atoms with E-state index in [1.54, 1.807) is 0 Å². The molecule has 0 radical (unpaired) electrons. The van der Waals surface area contributed by atoms with Crippen LogP contribution < -0.4 is 10.1 Å². The molecule has 1 aliphatic heterocycles. The second-order valence-corrected chi connectivity index (χ2v) is 3.19. The zero-order valence-electron chi connectivity index (χ0n) is 7.89. The maximum atomic E-state index is 11.9. The monoisotopic (exact) mass is 229 g/mol. The van der Waals surface area contributed by atoms with Crippen molar-refractivity contribution in [2.24, 2.45) is 0 Å². The van der Waals surface area contributed by atoms with Gasteiger partial charge in [0.05, 0.1) is 0 Å². The highest BCUT2D eigenvalue weighted by Crippen LogP contribution is 2.34. The van der Waals surface area contributed by atoms with Crippen molar-refractivity contribution >= 4 is 17.2 Å². The Morgan fingerprint density at radius 3 is 2.62 bits per heavy atom. The molecular weight excluding hydrogens is 223 g/mol. The van der Waals surface area contributed by atoms with Crippen molar-refractivity contribution < 1.29 is 22.7 Å². The van der Waals surface area contributed by atoms with E-state index >= 15 is 0 Å². The van der Waals surface area contributed by atoms with Gasteiger partial charge in [-0.15, -0.1) is 13.2 Å². The molecule has 0 aromatic heterocycles. The van der Waals surface area contributed by atoms with E-state index in [-0.39, 0.29) is 11.3 Å². The lowest BCUT2D eigenvalue weighted by Crippen LogP contribution is -2.17.